The molecule has 0 saturated heterocycles. The molecule has 0 amide bonds. The van der Waals surface area contributed by atoms with E-state index in [9.17, 15) is 0 Å². The van der Waals surface area contributed by atoms with Crippen LogP contribution < -0.4 is 0 Å². The Bertz CT molecular complexity index is 2970. The molecule has 7 aromatic carbocycles. The molecule has 0 aliphatic carbocycles. The van der Waals surface area contributed by atoms with E-state index in [-0.39, 0.29) is 28.6 Å². The van der Waals surface area contributed by atoms with E-state index in [2.05, 4.69) is 75.6 Å². The average molecular weight is 654 g/mol. The lowest BCUT2D eigenvalue weighted by molar-refractivity contribution is 1.08. The van der Waals surface area contributed by atoms with Gasteiger partial charge in [0.2, 0.25) is 0 Å². The van der Waals surface area contributed by atoms with Crippen molar-refractivity contribution in [3.63, 3.8) is 0 Å². The van der Waals surface area contributed by atoms with Crippen molar-refractivity contribution < 1.29 is 13.7 Å². The van der Waals surface area contributed by atoms with Crippen LogP contribution in [0.5, 0.6) is 0 Å². The van der Waals surface area contributed by atoms with Crippen molar-refractivity contribution in [3.05, 3.63) is 176 Å². The molecule has 0 atom stereocenters. The van der Waals surface area contributed by atoms with Gasteiger partial charge < -0.3 is 0 Å². The number of hydrogen-bond acceptors (Lipinski definition) is 4. The third-order valence-electron chi connectivity index (χ3n) is 8.30. The van der Waals surface area contributed by atoms with E-state index < -0.39 is 60.4 Å². The van der Waals surface area contributed by atoms with Gasteiger partial charge in [-0.15, -0.1) is 11.3 Å². The highest BCUT2D eigenvalue weighted by molar-refractivity contribution is 7.26. The summed E-state index contributed by atoms with van der Waals surface area (Å²) in [5, 5.41) is 1.87. The van der Waals surface area contributed by atoms with Gasteiger partial charge in [-0.25, -0.2) is 15.0 Å². The maximum Gasteiger partial charge on any atom is 0.165 e. The predicted molar refractivity (Wildman–Crippen MR) is 205 cm³/mol. The second kappa shape index (κ2) is 12.4. The lowest BCUT2D eigenvalue weighted by Gasteiger charge is -2.11. The smallest absolute Gasteiger partial charge is 0.165 e. The minimum absolute atomic E-state index is 0.0315. The van der Waals surface area contributed by atoms with Crippen LogP contribution in [0.1, 0.15) is 13.7 Å². The van der Waals surface area contributed by atoms with Gasteiger partial charge in [-0.1, -0.05) is 145 Å². The Balaban J connectivity index is 1.26. The number of hydrogen-bond donors (Lipinski definition) is 0. The van der Waals surface area contributed by atoms with Crippen molar-refractivity contribution >= 4 is 31.5 Å². The van der Waals surface area contributed by atoms with Crippen LogP contribution in [0.15, 0.2) is 176 Å². The number of fused-ring (bicyclic) bond motifs is 3. The van der Waals surface area contributed by atoms with Crippen molar-refractivity contribution in [2.45, 2.75) is 0 Å². The minimum atomic E-state index is -0.597. The molecule has 2 aromatic heterocycles. The molecule has 0 N–H and O–H groups in total. The molecule has 49 heavy (non-hydrogen) atoms. The first kappa shape index (κ1) is 20.2. The number of aromatic nitrogens is 3. The Kier molecular flexibility index (Phi) is 5.12. The minimum Gasteiger partial charge on any atom is -0.208 e. The number of rotatable bonds is 6. The van der Waals surface area contributed by atoms with Crippen LogP contribution in [0.3, 0.4) is 0 Å². The quantitative estimate of drug-likeness (QED) is 0.179. The second-order valence-corrected chi connectivity index (χ2v) is 12.4. The molecule has 230 valence electrons. The van der Waals surface area contributed by atoms with Gasteiger partial charge in [0.1, 0.15) is 0 Å². The van der Waals surface area contributed by atoms with Crippen LogP contribution in [0, 0.1) is 0 Å². The molecule has 0 fully saturated rings. The summed E-state index contributed by atoms with van der Waals surface area (Å²) in [7, 11) is 0. The molecule has 0 aliphatic heterocycles. The summed E-state index contributed by atoms with van der Waals surface area (Å²) in [6, 6.07) is 33.2. The molecular formula is C45H29N3S. The van der Waals surface area contributed by atoms with Crippen LogP contribution in [0.2, 0.25) is 0 Å². The number of benzene rings is 7. The van der Waals surface area contributed by atoms with E-state index in [1.54, 1.807) is 6.07 Å². The van der Waals surface area contributed by atoms with Crippen LogP contribution in [-0.4, -0.2) is 15.0 Å². The Labute approximate surface area is 302 Å². The molecule has 9 rings (SSSR count). The fourth-order valence-corrected chi connectivity index (χ4v) is 7.24. The number of nitrogens with zero attached hydrogens (tertiary/aromatic N) is 3. The molecular weight excluding hydrogens is 615 g/mol. The molecule has 3 nitrogen and oxygen atoms in total. The van der Waals surface area contributed by atoms with Crippen molar-refractivity contribution in [2.24, 2.45) is 0 Å². The fourth-order valence-electron chi connectivity index (χ4n) is 5.99. The first-order chi connectivity index (χ1) is 28.4. The summed E-state index contributed by atoms with van der Waals surface area (Å²) < 4.78 is 86.1. The first-order valence-corrected chi connectivity index (χ1v) is 16.4. The Morgan fingerprint density at radius 1 is 0.388 bits per heavy atom. The Morgan fingerprint density at radius 2 is 0.918 bits per heavy atom. The Morgan fingerprint density at radius 3 is 1.49 bits per heavy atom. The maximum absolute atomic E-state index is 8.69. The zero-order valence-corrected chi connectivity index (χ0v) is 26.5. The molecule has 0 radical (unpaired) electrons. The van der Waals surface area contributed by atoms with Gasteiger partial charge in [0, 0.05) is 36.9 Å². The van der Waals surface area contributed by atoms with E-state index in [1.807, 2.05) is 48.5 Å². The SMILES string of the molecule is [2H]c1c([2H])c([2H])c(-c2nc(-c3c([2H])c([2H])c([2H])c([2H])c3[2H])nc(-c3cccc4c3sc3cc(-c5cc(-c6ccccc6)cc(-c6ccccc6)c5)ccc34)n2)c([2H])c1[2H]. The van der Waals surface area contributed by atoms with E-state index >= 15 is 0 Å². The summed E-state index contributed by atoms with van der Waals surface area (Å²) in [5.74, 6) is -0.576. The summed E-state index contributed by atoms with van der Waals surface area (Å²) in [6.45, 7) is 0. The molecule has 9 aromatic rings. The fraction of sp³-hybridized carbons (Fsp3) is 0. The van der Waals surface area contributed by atoms with Crippen molar-refractivity contribution in [2.75, 3.05) is 0 Å². The summed E-state index contributed by atoms with van der Waals surface area (Å²) >= 11 is 1.50. The van der Waals surface area contributed by atoms with Gasteiger partial charge in [0.15, 0.2) is 17.5 Å². The van der Waals surface area contributed by atoms with Crippen LogP contribution >= 0.6 is 11.3 Å². The molecule has 0 bridgehead atoms. The molecule has 2 heterocycles. The van der Waals surface area contributed by atoms with E-state index in [0.29, 0.717) is 5.56 Å². The molecule has 0 aliphatic rings. The topological polar surface area (TPSA) is 38.7 Å². The monoisotopic (exact) mass is 653 g/mol. The molecule has 4 heteroatoms. The third kappa shape index (κ3) is 5.58. The van der Waals surface area contributed by atoms with Gasteiger partial charge in [-0.3, -0.25) is 0 Å². The maximum atomic E-state index is 8.69. The predicted octanol–water partition coefficient (Wildman–Crippen LogP) is 12.2. The van der Waals surface area contributed by atoms with E-state index in [0.717, 1.165) is 53.6 Å². The number of thiophene rings is 1. The summed E-state index contributed by atoms with van der Waals surface area (Å²) in [4.78, 5) is 13.8. The molecule has 0 unspecified atom stereocenters. The third-order valence-corrected chi connectivity index (χ3v) is 9.50. The zero-order valence-electron chi connectivity index (χ0n) is 35.7. The van der Waals surface area contributed by atoms with Gasteiger partial charge in [0.25, 0.3) is 0 Å². The summed E-state index contributed by atoms with van der Waals surface area (Å²) in [5.41, 5.74) is 6.31. The van der Waals surface area contributed by atoms with Crippen molar-refractivity contribution in [1.82, 2.24) is 15.0 Å². The summed E-state index contributed by atoms with van der Waals surface area (Å²) in [6.07, 6.45) is 0. The highest BCUT2D eigenvalue weighted by atomic mass is 32.1. The van der Waals surface area contributed by atoms with Gasteiger partial charge in [-0.05, 0) is 63.7 Å². The van der Waals surface area contributed by atoms with Crippen molar-refractivity contribution in [3.8, 4) is 67.5 Å². The van der Waals surface area contributed by atoms with E-state index in [1.165, 1.54) is 11.3 Å². The normalized spacial score (nSPS) is 14.1. The van der Waals surface area contributed by atoms with Gasteiger partial charge in [0.05, 0.1) is 13.7 Å². The lowest BCUT2D eigenvalue weighted by Crippen LogP contribution is -2.00. The highest BCUT2D eigenvalue weighted by Gasteiger charge is 2.17. The zero-order chi connectivity index (χ0) is 41.3. The second-order valence-electron chi connectivity index (χ2n) is 11.3. The Hall–Kier alpha value is -6.23. The standard InChI is InChI=1S/C45H29N3S/c1-5-14-30(15-6-1)35-26-36(31-16-7-2-8-17-31)28-37(27-35)34-24-25-38-39-22-13-23-40(42(39)49-41(38)29-34)45-47-43(32-18-9-3-10-19-32)46-44(48-45)33-20-11-4-12-21-33/h1-29H/i3D,4D,9D,10D,11D,12D,18D,19D,20D,21D. The average Bonchev–Trinajstić information content (AvgIpc) is 3.65. The molecule has 0 spiro atoms. The van der Waals surface area contributed by atoms with Gasteiger partial charge in [-0.2, -0.15) is 0 Å². The largest absolute Gasteiger partial charge is 0.208 e. The lowest BCUT2D eigenvalue weighted by atomic mass is 9.93. The van der Waals surface area contributed by atoms with Crippen LogP contribution in [0.4, 0.5) is 0 Å². The first-order valence-electron chi connectivity index (χ1n) is 20.5. The van der Waals surface area contributed by atoms with Crippen LogP contribution in [0.25, 0.3) is 87.7 Å². The highest BCUT2D eigenvalue weighted by Crippen LogP contribution is 2.42. The molecule has 0 saturated carbocycles. The van der Waals surface area contributed by atoms with E-state index in [4.69, 9.17) is 13.7 Å². The van der Waals surface area contributed by atoms with Crippen LogP contribution in [-0.2, 0) is 0 Å². The van der Waals surface area contributed by atoms with Gasteiger partial charge >= 0.3 is 0 Å². The van der Waals surface area contributed by atoms with Crippen molar-refractivity contribution in [1.29, 1.82) is 0 Å².